The van der Waals surface area contributed by atoms with Crippen LogP contribution in [0.1, 0.15) is 43.9 Å². The zero-order valence-electron chi connectivity index (χ0n) is 21.4. The third-order valence-electron chi connectivity index (χ3n) is 6.63. The molecule has 38 heavy (non-hydrogen) atoms. The molecule has 5 rings (SSSR count). The molecule has 1 aromatic heterocycles. The number of fused-ring (bicyclic) bond motifs is 1. The number of thiazole rings is 1. The van der Waals surface area contributed by atoms with Crippen molar-refractivity contribution in [3.8, 4) is 5.75 Å². The minimum Gasteiger partial charge on any atom is -0.484 e. The van der Waals surface area contributed by atoms with E-state index >= 15 is 0 Å². The highest BCUT2D eigenvalue weighted by atomic mass is 32.1. The van der Waals surface area contributed by atoms with Crippen LogP contribution in [0.15, 0.2) is 75.7 Å². The average molecular weight is 532 g/mol. The number of hydrogen-bond donors (Lipinski definition) is 0. The van der Waals surface area contributed by atoms with Gasteiger partial charge in [0.2, 0.25) is 0 Å². The number of nitrogens with zero attached hydrogens (tertiary/aromatic N) is 3. The molecule has 9 heteroatoms. The largest absolute Gasteiger partial charge is 0.484 e. The van der Waals surface area contributed by atoms with Crippen LogP contribution in [0, 0.1) is 0 Å². The molecule has 1 fully saturated rings. The first-order chi connectivity index (χ1) is 18.5. The number of allylic oxidation sites excluding steroid dienone is 1. The van der Waals surface area contributed by atoms with Crippen LogP contribution in [0.5, 0.6) is 5.75 Å². The number of carbonyl (C=O) groups is 2. The van der Waals surface area contributed by atoms with Gasteiger partial charge in [0, 0.05) is 13.1 Å². The summed E-state index contributed by atoms with van der Waals surface area (Å²) in [5.74, 6) is 0.115. The summed E-state index contributed by atoms with van der Waals surface area (Å²) in [6.07, 6.45) is 3.89. The molecule has 0 N–H and O–H groups in total. The maximum Gasteiger partial charge on any atom is 0.338 e. The number of hydrogen-bond acceptors (Lipinski definition) is 7. The standard InChI is InChI=1S/C29H29N3O5S/c1-3-36-28(35)25-19(2)30-29-32(26(25)21-9-5-4-6-10-21)27(34)23(38-29)17-20-11-13-22(14-12-20)37-18-24(33)31-15-7-8-16-31/h4-6,9-14,17,26H,3,7-8,15-16,18H2,1-2H3/b23-17+/t26-/m0/s1. The van der Waals surface area contributed by atoms with Gasteiger partial charge in [-0.1, -0.05) is 53.8 Å². The maximum absolute atomic E-state index is 13.6. The van der Waals surface area contributed by atoms with Crippen LogP contribution >= 0.6 is 11.3 Å². The summed E-state index contributed by atoms with van der Waals surface area (Å²) in [4.78, 5) is 45.8. The molecular weight excluding hydrogens is 502 g/mol. The lowest BCUT2D eigenvalue weighted by Crippen LogP contribution is -2.39. The highest BCUT2D eigenvalue weighted by molar-refractivity contribution is 7.07. The van der Waals surface area contributed by atoms with E-state index in [1.165, 1.54) is 11.3 Å². The van der Waals surface area contributed by atoms with Crippen molar-refractivity contribution >= 4 is 29.3 Å². The number of benzene rings is 2. The molecular formula is C29H29N3O5S. The number of amides is 1. The predicted molar refractivity (Wildman–Crippen MR) is 145 cm³/mol. The van der Waals surface area contributed by atoms with Crippen LogP contribution in [-0.2, 0) is 14.3 Å². The second-order valence-electron chi connectivity index (χ2n) is 9.16. The van der Waals surface area contributed by atoms with E-state index in [1.54, 1.807) is 36.6 Å². The summed E-state index contributed by atoms with van der Waals surface area (Å²) in [6, 6.07) is 16.1. The maximum atomic E-state index is 13.6. The molecule has 3 aromatic rings. The Bertz CT molecular complexity index is 1550. The van der Waals surface area contributed by atoms with Crippen LogP contribution in [0.25, 0.3) is 6.08 Å². The van der Waals surface area contributed by atoms with Gasteiger partial charge in [0.05, 0.1) is 28.5 Å². The molecule has 1 saturated heterocycles. The lowest BCUT2D eigenvalue weighted by atomic mass is 9.96. The smallest absolute Gasteiger partial charge is 0.338 e. The van der Waals surface area contributed by atoms with E-state index in [-0.39, 0.29) is 24.7 Å². The Morgan fingerprint density at radius 2 is 1.79 bits per heavy atom. The van der Waals surface area contributed by atoms with Crippen LogP contribution in [-0.4, -0.2) is 47.6 Å². The van der Waals surface area contributed by atoms with E-state index in [0.29, 0.717) is 26.4 Å². The molecule has 2 aliphatic heterocycles. The first-order valence-electron chi connectivity index (χ1n) is 12.7. The Labute approximate surface area is 224 Å². The van der Waals surface area contributed by atoms with Crippen molar-refractivity contribution in [3.63, 3.8) is 0 Å². The number of ether oxygens (including phenoxy) is 2. The van der Waals surface area contributed by atoms with Crippen molar-refractivity contribution in [3.05, 3.63) is 96.7 Å². The summed E-state index contributed by atoms with van der Waals surface area (Å²) in [5.41, 5.74) is 2.29. The topological polar surface area (TPSA) is 90.2 Å². The Morgan fingerprint density at radius 1 is 1.08 bits per heavy atom. The first kappa shape index (κ1) is 25.7. The highest BCUT2D eigenvalue weighted by Crippen LogP contribution is 2.30. The summed E-state index contributed by atoms with van der Waals surface area (Å²) < 4.78 is 13.1. The summed E-state index contributed by atoms with van der Waals surface area (Å²) in [5, 5.41) is 0. The van der Waals surface area contributed by atoms with Gasteiger partial charge < -0.3 is 14.4 Å². The molecule has 3 heterocycles. The lowest BCUT2D eigenvalue weighted by Gasteiger charge is -2.24. The molecule has 0 aliphatic carbocycles. The van der Waals surface area contributed by atoms with E-state index in [9.17, 15) is 14.4 Å². The molecule has 1 atom stereocenters. The van der Waals surface area contributed by atoms with Crippen molar-refractivity contribution in [1.29, 1.82) is 0 Å². The molecule has 0 bridgehead atoms. The third-order valence-corrected chi connectivity index (χ3v) is 7.61. The summed E-state index contributed by atoms with van der Waals surface area (Å²) in [7, 11) is 0. The van der Waals surface area contributed by atoms with E-state index in [4.69, 9.17) is 9.47 Å². The molecule has 0 saturated carbocycles. The van der Waals surface area contributed by atoms with Gasteiger partial charge in [0.25, 0.3) is 11.5 Å². The molecule has 0 radical (unpaired) electrons. The van der Waals surface area contributed by atoms with Crippen LogP contribution in [0.2, 0.25) is 0 Å². The second-order valence-corrected chi connectivity index (χ2v) is 10.2. The number of aromatic nitrogens is 1. The third kappa shape index (κ3) is 5.19. The van der Waals surface area contributed by atoms with Gasteiger partial charge in [0.15, 0.2) is 11.4 Å². The van der Waals surface area contributed by atoms with Gasteiger partial charge in [-0.25, -0.2) is 9.79 Å². The highest BCUT2D eigenvalue weighted by Gasteiger charge is 2.33. The molecule has 8 nitrogen and oxygen atoms in total. The first-order valence-corrected chi connectivity index (χ1v) is 13.5. The number of likely N-dealkylation sites (tertiary alicyclic amines) is 1. The fraction of sp³-hybridized carbons (Fsp3) is 0.310. The minimum atomic E-state index is -0.627. The molecule has 2 aliphatic rings. The van der Waals surface area contributed by atoms with Gasteiger partial charge in [-0.15, -0.1) is 0 Å². The van der Waals surface area contributed by atoms with E-state index < -0.39 is 12.0 Å². The van der Waals surface area contributed by atoms with Crippen molar-refractivity contribution in [2.75, 3.05) is 26.3 Å². The van der Waals surface area contributed by atoms with Gasteiger partial charge in [-0.2, -0.15) is 0 Å². The fourth-order valence-electron chi connectivity index (χ4n) is 4.76. The number of rotatable bonds is 7. The Balaban J connectivity index is 1.45. The number of carbonyl (C=O) groups excluding carboxylic acids is 2. The van der Waals surface area contributed by atoms with Gasteiger partial charge >= 0.3 is 5.97 Å². The predicted octanol–water partition coefficient (Wildman–Crippen LogP) is 2.80. The van der Waals surface area contributed by atoms with Crippen LogP contribution in [0.4, 0.5) is 0 Å². The molecule has 0 unspecified atom stereocenters. The zero-order valence-corrected chi connectivity index (χ0v) is 22.2. The van der Waals surface area contributed by atoms with Crippen molar-refractivity contribution in [2.45, 2.75) is 32.7 Å². The molecule has 2 aromatic carbocycles. The summed E-state index contributed by atoms with van der Waals surface area (Å²) in [6.45, 7) is 5.36. The summed E-state index contributed by atoms with van der Waals surface area (Å²) >= 11 is 1.28. The number of esters is 1. The Morgan fingerprint density at radius 3 is 2.47 bits per heavy atom. The Hall–Kier alpha value is -3.98. The molecule has 1 amide bonds. The van der Waals surface area contributed by atoms with E-state index in [0.717, 1.165) is 37.1 Å². The monoisotopic (exact) mass is 531 g/mol. The second kappa shape index (κ2) is 11.2. The zero-order chi connectivity index (χ0) is 26.6. The van der Waals surface area contributed by atoms with Crippen LogP contribution in [0.3, 0.4) is 0 Å². The quantitative estimate of drug-likeness (QED) is 0.438. The molecule has 0 spiro atoms. The fourth-order valence-corrected chi connectivity index (χ4v) is 5.80. The SMILES string of the molecule is CCOC(=O)C1=C(C)N=c2s/c(=C/c3ccc(OCC(=O)N4CCCC4)cc3)c(=O)n2[C@H]1c1ccccc1. The normalized spacial score (nSPS) is 17.3. The van der Waals surface area contributed by atoms with E-state index in [1.807, 2.05) is 47.4 Å². The van der Waals surface area contributed by atoms with Crippen molar-refractivity contribution in [1.82, 2.24) is 9.47 Å². The van der Waals surface area contributed by atoms with Crippen LogP contribution < -0.4 is 19.6 Å². The van der Waals surface area contributed by atoms with Crippen molar-refractivity contribution < 1.29 is 19.1 Å². The Kier molecular flexibility index (Phi) is 7.55. The van der Waals surface area contributed by atoms with Crippen molar-refractivity contribution in [2.24, 2.45) is 4.99 Å². The minimum absolute atomic E-state index is 0.00172. The van der Waals surface area contributed by atoms with Gasteiger partial charge in [0.1, 0.15) is 5.75 Å². The average Bonchev–Trinajstić information content (AvgIpc) is 3.57. The van der Waals surface area contributed by atoms with E-state index in [2.05, 4.69) is 4.99 Å². The van der Waals surface area contributed by atoms with Gasteiger partial charge in [-0.3, -0.25) is 14.2 Å². The van der Waals surface area contributed by atoms with Gasteiger partial charge in [-0.05, 0) is 56.0 Å². The molecule has 196 valence electrons. The lowest BCUT2D eigenvalue weighted by molar-refractivity contribution is -0.139.